The van der Waals surface area contributed by atoms with Crippen LogP contribution in [0.15, 0.2) is 11.1 Å². The SMILES string of the molecule is CC[C@](C)(CCNCC1CC1)/C(C)=C(\C)[C@H](C)OC. The van der Waals surface area contributed by atoms with Gasteiger partial charge in [0.1, 0.15) is 0 Å². The average molecular weight is 267 g/mol. The lowest BCUT2D eigenvalue weighted by Crippen LogP contribution is -2.28. The number of hydrogen-bond acceptors (Lipinski definition) is 2. The Kier molecular flexibility index (Phi) is 6.55. The monoisotopic (exact) mass is 267 g/mol. The van der Waals surface area contributed by atoms with Crippen LogP contribution in [0.4, 0.5) is 0 Å². The minimum atomic E-state index is 0.227. The van der Waals surface area contributed by atoms with Gasteiger partial charge in [0.2, 0.25) is 0 Å². The summed E-state index contributed by atoms with van der Waals surface area (Å²) in [5.74, 6) is 0.972. The molecule has 1 rings (SSSR count). The van der Waals surface area contributed by atoms with E-state index in [9.17, 15) is 0 Å². The molecule has 0 saturated heterocycles. The smallest absolute Gasteiger partial charge is 0.0753 e. The first-order chi connectivity index (χ1) is 8.94. The maximum atomic E-state index is 5.46. The first-order valence-corrected chi connectivity index (χ1v) is 7.86. The topological polar surface area (TPSA) is 21.3 Å². The third kappa shape index (κ3) is 4.92. The first kappa shape index (κ1) is 16.7. The van der Waals surface area contributed by atoms with Crippen molar-refractivity contribution in [1.82, 2.24) is 5.32 Å². The van der Waals surface area contributed by atoms with Gasteiger partial charge in [0.25, 0.3) is 0 Å². The van der Waals surface area contributed by atoms with Crippen LogP contribution < -0.4 is 5.32 Å². The van der Waals surface area contributed by atoms with Gasteiger partial charge in [0.15, 0.2) is 0 Å². The molecule has 0 radical (unpaired) electrons. The van der Waals surface area contributed by atoms with Gasteiger partial charge in [0.05, 0.1) is 6.10 Å². The molecule has 2 atom stereocenters. The van der Waals surface area contributed by atoms with Crippen LogP contribution in [0.5, 0.6) is 0 Å². The van der Waals surface area contributed by atoms with Crippen molar-refractivity contribution in [3.8, 4) is 0 Å². The molecule has 0 bridgehead atoms. The van der Waals surface area contributed by atoms with Gasteiger partial charge < -0.3 is 10.1 Å². The minimum Gasteiger partial charge on any atom is -0.377 e. The standard InChI is InChI=1S/C17H33NO/c1-7-17(5,10-11-18-12-16-8-9-16)14(3)13(2)15(4)19-6/h15-16,18H,7-12H2,1-6H3/b14-13+/t15-,17+/m0/s1. The Balaban J connectivity index is 2.55. The van der Waals surface area contributed by atoms with Crippen molar-refractivity contribution in [2.45, 2.75) is 66.4 Å². The highest BCUT2D eigenvalue weighted by Gasteiger charge is 2.27. The van der Waals surface area contributed by atoms with Gasteiger partial charge in [-0.1, -0.05) is 19.4 Å². The summed E-state index contributed by atoms with van der Waals surface area (Å²) in [7, 11) is 1.79. The van der Waals surface area contributed by atoms with Crippen LogP contribution in [-0.4, -0.2) is 26.3 Å². The molecule has 1 aliphatic carbocycles. The Labute approximate surface area is 120 Å². The Morgan fingerprint density at radius 3 is 2.47 bits per heavy atom. The largest absolute Gasteiger partial charge is 0.377 e. The highest BCUT2D eigenvalue weighted by Crippen LogP contribution is 2.37. The number of methoxy groups -OCH3 is 1. The number of rotatable bonds is 9. The molecule has 2 heteroatoms. The van der Waals surface area contributed by atoms with E-state index in [0.717, 1.165) is 12.5 Å². The molecule has 0 amide bonds. The minimum absolute atomic E-state index is 0.227. The molecule has 1 N–H and O–H groups in total. The van der Waals surface area contributed by atoms with Crippen molar-refractivity contribution in [1.29, 1.82) is 0 Å². The molecule has 0 aliphatic heterocycles. The Morgan fingerprint density at radius 2 is 2.00 bits per heavy atom. The van der Waals surface area contributed by atoms with Crippen LogP contribution in [0.3, 0.4) is 0 Å². The predicted octanol–water partition coefficient (Wildman–Crippen LogP) is 4.16. The quantitative estimate of drug-likeness (QED) is 0.500. The van der Waals surface area contributed by atoms with Crippen molar-refractivity contribution in [2.24, 2.45) is 11.3 Å². The van der Waals surface area contributed by atoms with Crippen LogP contribution in [0.2, 0.25) is 0 Å². The van der Waals surface area contributed by atoms with Gasteiger partial charge in [0, 0.05) is 7.11 Å². The summed E-state index contributed by atoms with van der Waals surface area (Å²) < 4.78 is 5.46. The summed E-state index contributed by atoms with van der Waals surface area (Å²) >= 11 is 0. The molecule has 112 valence electrons. The molecular formula is C17H33NO. The second kappa shape index (κ2) is 7.44. The molecule has 0 aromatic carbocycles. The second-order valence-electron chi connectivity index (χ2n) is 6.50. The molecule has 0 heterocycles. The van der Waals surface area contributed by atoms with Crippen molar-refractivity contribution in [2.75, 3.05) is 20.2 Å². The number of nitrogens with one attached hydrogen (secondary N) is 1. The molecule has 0 aromatic heterocycles. The van der Waals surface area contributed by atoms with Gasteiger partial charge >= 0.3 is 0 Å². The highest BCUT2D eigenvalue weighted by atomic mass is 16.5. The second-order valence-corrected chi connectivity index (χ2v) is 6.50. The number of allylic oxidation sites excluding steroid dienone is 1. The average Bonchev–Trinajstić information content (AvgIpc) is 3.24. The maximum absolute atomic E-state index is 5.46. The zero-order chi connectivity index (χ0) is 14.5. The predicted molar refractivity (Wildman–Crippen MR) is 83.5 cm³/mol. The summed E-state index contributed by atoms with van der Waals surface area (Å²) in [6.45, 7) is 13.7. The van der Waals surface area contributed by atoms with E-state index in [2.05, 4.69) is 39.9 Å². The molecule has 0 aromatic rings. The summed E-state index contributed by atoms with van der Waals surface area (Å²) in [5.41, 5.74) is 3.21. The Bertz CT molecular complexity index is 306. The Morgan fingerprint density at radius 1 is 1.37 bits per heavy atom. The lowest BCUT2D eigenvalue weighted by molar-refractivity contribution is 0.143. The highest BCUT2D eigenvalue weighted by molar-refractivity contribution is 5.20. The van der Waals surface area contributed by atoms with E-state index < -0.39 is 0 Å². The molecule has 1 saturated carbocycles. The van der Waals surface area contributed by atoms with Gasteiger partial charge in [-0.25, -0.2) is 0 Å². The fraction of sp³-hybridized carbons (Fsp3) is 0.882. The lowest BCUT2D eigenvalue weighted by atomic mass is 9.75. The van der Waals surface area contributed by atoms with Gasteiger partial charge in [-0.3, -0.25) is 0 Å². The van der Waals surface area contributed by atoms with Crippen LogP contribution in [0.1, 0.15) is 60.3 Å². The van der Waals surface area contributed by atoms with E-state index in [4.69, 9.17) is 4.74 Å². The van der Waals surface area contributed by atoms with E-state index in [1.165, 1.54) is 43.4 Å². The van der Waals surface area contributed by atoms with Crippen LogP contribution in [-0.2, 0) is 4.74 Å². The van der Waals surface area contributed by atoms with Gasteiger partial charge in [-0.05, 0) is 76.5 Å². The summed E-state index contributed by atoms with van der Waals surface area (Å²) in [6.07, 6.45) is 5.50. The zero-order valence-corrected chi connectivity index (χ0v) is 13.8. The molecule has 2 nitrogen and oxygen atoms in total. The summed E-state index contributed by atoms with van der Waals surface area (Å²) in [4.78, 5) is 0. The molecule has 0 spiro atoms. The van der Waals surface area contributed by atoms with E-state index in [0.29, 0.717) is 5.41 Å². The lowest BCUT2D eigenvalue weighted by Gasteiger charge is -2.33. The summed E-state index contributed by atoms with van der Waals surface area (Å²) in [6, 6.07) is 0. The van der Waals surface area contributed by atoms with Crippen molar-refractivity contribution >= 4 is 0 Å². The van der Waals surface area contributed by atoms with Crippen molar-refractivity contribution in [3.05, 3.63) is 11.1 Å². The molecular weight excluding hydrogens is 234 g/mol. The Hall–Kier alpha value is -0.340. The third-order valence-corrected chi connectivity index (χ3v) is 5.22. The maximum Gasteiger partial charge on any atom is 0.0753 e. The van der Waals surface area contributed by atoms with Crippen LogP contribution in [0, 0.1) is 11.3 Å². The molecule has 1 fully saturated rings. The van der Waals surface area contributed by atoms with Crippen LogP contribution in [0.25, 0.3) is 0 Å². The van der Waals surface area contributed by atoms with E-state index >= 15 is 0 Å². The first-order valence-electron chi connectivity index (χ1n) is 7.86. The molecule has 1 aliphatic rings. The van der Waals surface area contributed by atoms with E-state index in [-0.39, 0.29) is 6.10 Å². The molecule has 19 heavy (non-hydrogen) atoms. The third-order valence-electron chi connectivity index (χ3n) is 5.22. The van der Waals surface area contributed by atoms with E-state index in [1.54, 1.807) is 7.11 Å². The van der Waals surface area contributed by atoms with Gasteiger partial charge in [-0.15, -0.1) is 0 Å². The zero-order valence-electron chi connectivity index (χ0n) is 13.8. The number of hydrogen-bond donors (Lipinski definition) is 1. The fourth-order valence-electron chi connectivity index (χ4n) is 2.58. The molecule has 0 unspecified atom stereocenters. The van der Waals surface area contributed by atoms with Crippen molar-refractivity contribution < 1.29 is 4.74 Å². The van der Waals surface area contributed by atoms with Gasteiger partial charge in [-0.2, -0.15) is 0 Å². The normalized spacial score (nSPS) is 21.8. The fourth-order valence-corrected chi connectivity index (χ4v) is 2.58. The van der Waals surface area contributed by atoms with E-state index in [1.807, 2.05) is 0 Å². The number of ether oxygens (including phenoxy) is 1. The van der Waals surface area contributed by atoms with Crippen LogP contribution >= 0.6 is 0 Å². The van der Waals surface area contributed by atoms with Crippen molar-refractivity contribution in [3.63, 3.8) is 0 Å². The summed E-state index contributed by atoms with van der Waals surface area (Å²) in [5, 5.41) is 3.62.